The Morgan fingerprint density at radius 1 is 1.26 bits per heavy atom. The topological polar surface area (TPSA) is 33.1 Å². The number of rotatable bonds is 3. The molecule has 1 atom stereocenters. The van der Waals surface area contributed by atoms with Crippen LogP contribution in [0.4, 0.5) is 0 Å². The third kappa shape index (κ3) is 3.03. The lowest BCUT2D eigenvalue weighted by molar-refractivity contribution is 0.191. The highest BCUT2D eigenvalue weighted by Gasteiger charge is 2.20. The van der Waals surface area contributed by atoms with Gasteiger partial charge < -0.3 is 5.32 Å². The van der Waals surface area contributed by atoms with Crippen LogP contribution in [0, 0.1) is 0 Å². The normalized spacial score (nSPS) is 20.6. The Kier molecular flexibility index (Phi) is 3.62. The number of nitrogens with zero attached hydrogens (tertiary/aromatic N) is 3. The van der Waals surface area contributed by atoms with Crippen LogP contribution < -0.4 is 5.32 Å². The van der Waals surface area contributed by atoms with Gasteiger partial charge in [0.25, 0.3) is 0 Å². The largest absolute Gasteiger partial charge is 0.308 e. The van der Waals surface area contributed by atoms with Gasteiger partial charge in [0.2, 0.25) is 0 Å². The van der Waals surface area contributed by atoms with E-state index in [-0.39, 0.29) is 0 Å². The van der Waals surface area contributed by atoms with Gasteiger partial charge in [-0.15, -0.1) is 0 Å². The Hall–Kier alpha value is -1.65. The summed E-state index contributed by atoms with van der Waals surface area (Å²) in [5, 5.41) is 8.05. The highest BCUT2D eigenvalue weighted by molar-refractivity contribution is 5.19. The van der Waals surface area contributed by atoms with Crippen LogP contribution in [0.3, 0.4) is 0 Å². The molecule has 4 heteroatoms. The van der Waals surface area contributed by atoms with E-state index in [0.717, 1.165) is 31.9 Å². The van der Waals surface area contributed by atoms with Crippen LogP contribution in [-0.2, 0) is 13.6 Å². The minimum Gasteiger partial charge on any atom is -0.308 e. The van der Waals surface area contributed by atoms with E-state index >= 15 is 0 Å². The molecule has 2 aromatic rings. The SMILES string of the molecule is Cn1ccc(CN2CCNC(c3ccccc3)C2)n1. The van der Waals surface area contributed by atoms with Crippen molar-refractivity contribution in [1.29, 1.82) is 0 Å². The second-order valence-electron chi connectivity index (χ2n) is 5.13. The maximum Gasteiger partial charge on any atom is 0.0764 e. The zero-order chi connectivity index (χ0) is 13.1. The average Bonchev–Trinajstić information content (AvgIpc) is 2.85. The number of hydrogen-bond acceptors (Lipinski definition) is 3. The van der Waals surface area contributed by atoms with E-state index in [9.17, 15) is 0 Å². The Bertz CT molecular complexity index is 520. The van der Waals surface area contributed by atoms with E-state index < -0.39 is 0 Å². The quantitative estimate of drug-likeness (QED) is 0.905. The average molecular weight is 256 g/mol. The van der Waals surface area contributed by atoms with E-state index in [4.69, 9.17) is 0 Å². The minimum atomic E-state index is 0.429. The highest BCUT2D eigenvalue weighted by atomic mass is 15.3. The van der Waals surface area contributed by atoms with E-state index in [1.807, 2.05) is 17.9 Å². The summed E-state index contributed by atoms with van der Waals surface area (Å²) in [6.45, 7) is 4.10. The van der Waals surface area contributed by atoms with Crippen LogP contribution in [0.15, 0.2) is 42.6 Å². The van der Waals surface area contributed by atoms with Crippen molar-refractivity contribution in [1.82, 2.24) is 20.0 Å². The van der Waals surface area contributed by atoms with Crippen molar-refractivity contribution in [3.63, 3.8) is 0 Å². The van der Waals surface area contributed by atoms with Gasteiger partial charge in [-0.2, -0.15) is 5.10 Å². The summed E-state index contributed by atoms with van der Waals surface area (Å²) in [5.41, 5.74) is 2.52. The number of benzene rings is 1. The zero-order valence-electron chi connectivity index (χ0n) is 11.3. The van der Waals surface area contributed by atoms with Crippen LogP contribution in [-0.4, -0.2) is 34.3 Å². The third-order valence-corrected chi connectivity index (χ3v) is 3.62. The number of aryl methyl sites for hydroxylation is 1. The van der Waals surface area contributed by atoms with Crippen molar-refractivity contribution in [2.45, 2.75) is 12.6 Å². The third-order valence-electron chi connectivity index (χ3n) is 3.62. The molecule has 0 saturated carbocycles. The monoisotopic (exact) mass is 256 g/mol. The molecule has 1 aromatic carbocycles. The van der Waals surface area contributed by atoms with Crippen molar-refractivity contribution < 1.29 is 0 Å². The van der Waals surface area contributed by atoms with Crippen LogP contribution in [0.2, 0.25) is 0 Å². The summed E-state index contributed by atoms with van der Waals surface area (Å²) in [7, 11) is 1.97. The summed E-state index contributed by atoms with van der Waals surface area (Å²) < 4.78 is 1.87. The van der Waals surface area contributed by atoms with Crippen LogP contribution in [0.25, 0.3) is 0 Å². The van der Waals surface area contributed by atoms with Crippen LogP contribution in [0.5, 0.6) is 0 Å². The maximum atomic E-state index is 4.46. The van der Waals surface area contributed by atoms with Gasteiger partial charge in [-0.25, -0.2) is 0 Å². The summed E-state index contributed by atoms with van der Waals surface area (Å²) >= 11 is 0. The zero-order valence-corrected chi connectivity index (χ0v) is 11.3. The predicted octanol–water partition coefficient (Wildman–Crippen LogP) is 1.57. The number of piperazine rings is 1. The molecule has 3 rings (SSSR count). The van der Waals surface area contributed by atoms with Gasteiger partial charge in [0.15, 0.2) is 0 Å². The molecule has 2 heterocycles. The summed E-state index contributed by atoms with van der Waals surface area (Å²) in [4.78, 5) is 2.47. The lowest BCUT2D eigenvalue weighted by Crippen LogP contribution is -2.45. The molecule has 0 amide bonds. The van der Waals surface area contributed by atoms with Gasteiger partial charge >= 0.3 is 0 Å². The Morgan fingerprint density at radius 2 is 2.11 bits per heavy atom. The first-order valence-corrected chi connectivity index (χ1v) is 6.80. The standard InChI is InChI=1S/C15H20N4/c1-18-9-7-14(17-18)11-19-10-8-16-15(12-19)13-5-3-2-4-6-13/h2-7,9,15-16H,8,10-12H2,1H3. The second kappa shape index (κ2) is 5.55. The van der Waals surface area contributed by atoms with E-state index in [1.165, 1.54) is 5.56 Å². The molecule has 1 fully saturated rings. The summed E-state index contributed by atoms with van der Waals surface area (Å²) in [6, 6.07) is 13.2. The van der Waals surface area contributed by atoms with Crippen LogP contribution >= 0.6 is 0 Å². The number of nitrogens with one attached hydrogen (secondary N) is 1. The first-order valence-electron chi connectivity index (χ1n) is 6.80. The molecule has 19 heavy (non-hydrogen) atoms. The van der Waals surface area contributed by atoms with E-state index in [1.54, 1.807) is 0 Å². The second-order valence-corrected chi connectivity index (χ2v) is 5.13. The van der Waals surface area contributed by atoms with Crippen molar-refractivity contribution in [3.05, 3.63) is 53.9 Å². The number of hydrogen-bond donors (Lipinski definition) is 1. The Balaban J connectivity index is 1.65. The maximum absolute atomic E-state index is 4.46. The fourth-order valence-corrected chi connectivity index (χ4v) is 2.64. The molecule has 1 aliphatic heterocycles. The van der Waals surface area contributed by atoms with E-state index in [0.29, 0.717) is 6.04 Å². The fraction of sp³-hybridized carbons (Fsp3) is 0.400. The Labute approximate surface area is 114 Å². The first-order chi connectivity index (χ1) is 9.31. The molecule has 1 aliphatic rings. The smallest absolute Gasteiger partial charge is 0.0764 e. The fourth-order valence-electron chi connectivity index (χ4n) is 2.64. The molecule has 4 nitrogen and oxygen atoms in total. The number of aromatic nitrogens is 2. The highest BCUT2D eigenvalue weighted by Crippen LogP contribution is 2.17. The molecule has 1 saturated heterocycles. The molecule has 0 aliphatic carbocycles. The molecule has 0 radical (unpaired) electrons. The molecular formula is C15H20N4. The van der Waals surface area contributed by atoms with Gasteiger partial charge in [0, 0.05) is 45.5 Å². The van der Waals surface area contributed by atoms with Gasteiger partial charge in [0.05, 0.1) is 5.69 Å². The van der Waals surface area contributed by atoms with Crippen molar-refractivity contribution in [2.75, 3.05) is 19.6 Å². The van der Waals surface area contributed by atoms with Gasteiger partial charge in [0.1, 0.15) is 0 Å². The molecule has 1 aromatic heterocycles. The molecule has 0 spiro atoms. The summed E-state index contributed by atoms with van der Waals surface area (Å²) in [5.74, 6) is 0. The lowest BCUT2D eigenvalue weighted by atomic mass is 10.0. The van der Waals surface area contributed by atoms with Gasteiger partial charge in [-0.05, 0) is 11.6 Å². The lowest BCUT2D eigenvalue weighted by Gasteiger charge is -2.33. The molecular weight excluding hydrogens is 236 g/mol. The molecule has 1 N–H and O–H groups in total. The van der Waals surface area contributed by atoms with Crippen molar-refractivity contribution >= 4 is 0 Å². The first kappa shape index (κ1) is 12.4. The molecule has 1 unspecified atom stereocenters. The summed E-state index contributed by atoms with van der Waals surface area (Å²) in [6.07, 6.45) is 2.01. The van der Waals surface area contributed by atoms with Crippen molar-refractivity contribution in [2.24, 2.45) is 7.05 Å². The molecule has 0 bridgehead atoms. The molecule has 100 valence electrons. The van der Waals surface area contributed by atoms with Gasteiger partial charge in [-0.3, -0.25) is 9.58 Å². The van der Waals surface area contributed by atoms with Gasteiger partial charge in [-0.1, -0.05) is 30.3 Å². The Morgan fingerprint density at radius 3 is 2.84 bits per heavy atom. The van der Waals surface area contributed by atoms with Crippen LogP contribution in [0.1, 0.15) is 17.3 Å². The van der Waals surface area contributed by atoms with Crippen molar-refractivity contribution in [3.8, 4) is 0 Å². The predicted molar refractivity (Wildman–Crippen MR) is 75.7 cm³/mol. The van der Waals surface area contributed by atoms with E-state index in [2.05, 4.69) is 51.7 Å². The minimum absolute atomic E-state index is 0.429.